The highest BCUT2D eigenvalue weighted by Crippen LogP contribution is 2.37. The number of imide groups is 1. The van der Waals surface area contributed by atoms with Crippen LogP contribution in [-0.2, 0) is 9.59 Å². The lowest BCUT2D eigenvalue weighted by Crippen LogP contribution is -2.32. The summed E-state index contributed by atoms with van der Waals surface area (Å²) < 4.78 is 24.1. The van der Waals surface area contributed by atoms with E-state index in [0.29, 0.717) is 28.4 Å². The van der Waals surface area contributed by atoms with Crippen molar-refractivity contribution < 1.29 is 23.5 Å². The van der Waals surface area contributed by atoms with Gasteiger partial charge in [-0.2, -0.15) is 0 Å². The second kappa shape index (κ2) is 8.55. The molecular weight excluding hydrogens is 411 g/mol. The Hall–Kier alpha value is -4.13. The van der Waals surface area contributed by atoms with Crippen molar-refractivity contribution in [2.75, 3.05) is 24.4 Å². The van der Waals surface area contributed by atoms with E-state index < -0.39 is 17.6 Å². The van der Waals surface area contributed by atoms with Crippen molar-refractivity contribution in [2.24, 2.45) is 0 Å². The zero-order valence-corrected chi connectivity index (χ0v) is 17.8. The number of nitrogens with one attached hydrogen (secondary N) is 1. The number of ether oxygens (including phenoxy) is 2. The number of carbonyl (C=O) groups excluding carboxylic acids is 2. The maximum absolute atomic E-state index is 13.5. The largest absolute Gasteiger partial charge is 0.497 e. The van der Waals surface area contributed by atoms with Gasteiger partial charge in [0.15, 0.2) is 0 Å². The highest BCUT2D eigenvalue weighted by molar-refractivity contribution is 6.46. The van der Waals surface area contributed by atoms with E-state index >= 15 is 0 Å². The molecule has 2 amide bonds. The fourth-order valence-electron chi connectivity index (χ4n) is 3.47. The average Bonchev–Trinajstić information content (AvgIpc) is 3.04. The van der Waals surface area contributed by atoms with Crippen LogP contribution < -0.4 is 19.7 Å². The molecule has 7 heteroatoms. The Labute approximate surface area is 184 Å². The van der Waals surface area contributed by atoms with Gasteiger partial charge in [0.1, 0.15) is 23.0 Å². The molecule has 1 aliphatic heterocycles. The topological polar surface area (TPSA) is 67.9 Å². The molecule has 32 heavy (non-hydrogen) atoms. The molecule has 1 aliphatic rings. The Balaban J connectivity index is 1.82. The van der Waals surface area contributed by atoms with Crippen LogP contribution in [-0.4, -0.2) is 26.0 Å². The molecule has 0 aromatic heterocycles. The van der Waals surface area contributed by atoms with E-state index in [1.807, 2.05) is 31.2 Å². The average molecular weight is 432 g/mol. The minimum atomic E-state index is -0.537. The first-order chi connectivity index (χ1) is 15.4. The number of benzene rings is 3. The van der Waals surface area contributed by atoms with Gasteiger partial charge in [0, 0.05) is 23.9 Å². The highest BCUT2D eigenvalue weighted by atomic mass is 19.1. The van der Waals surface area contributed by atoms with Gasteiger partial charge in [-0.15, -0.1) is 0 Å². The van der Waals surface area contributed by atoms with Gasteiger partial charge in [0.05, 0.1) is 25.5 Å². The molecular formula is C25H21FN2O4. The van der Waals surface area contributed by atoms with Crippen LogP contribution in [0.3, 0.4) is 0 Å². The number of halogens is 1. The Morgan fingerprint density at radius 1 is 0.812 bits per heavy atom. The lowest BCUT2D eigenvalue weighted by Gasteiger charge is -2.17. The van der Waals surface area contributed by atoms with Crippen molar-refractivity contribution >= 4 is 28.8 Å². The van der Waals surface area contributed by atoms with E-state index in [0.717, 1.165) is 10.5 Å². The number of amides is 2. The zero-order chi connectivity index (χ0) is 22.8. The summed E-state index contributed by atoms with van der Waals surface area (Å²) in [5, 5.41) is 3.08. The molecule has 4 rings (SSSR count). The molecule has 0 bridgehead atoms. The van der Waals surface area contributed by atoms with Gasteiger partial charge in [-0.25, -0.2) is 9.29 Å². The molecule has 162 valence electrons. The molecule has 3 aromatic rings. The van der Waals surface area contributed by atoms with Crippen LogP contribution in [0.2, 0.25) is 0 Å². The lowest BCUT2D eigenvalue weighted by molar-refractivity contribution is -0.120. The minimum Gasteiger partial charge on any atom is -0.497 e. The van der Waals surface area contributed by atoms with Crippen LogP contribution in [0.15, 0.2) is 72.4 Å². The zero-order valence-electron chi connectivity index (χ0n) is 17.8. The predicted octanol–water partition coefficient (Wildman–Crippen LogP) is 4.55. The summed E-state index contributed by atoms with van der Waals surface area (Å²) in [7, 11) is 2.97. The smallest absolute Gasteiger partial charge is 0.282 e. The van der Waals surface area contributed by atoms with E-state index in [-0.39, 0.29) is 11.3 Å². The fraction of sp³-hybridized carbons (Fsp3) is 0.120. The number of rotatable bonds is 6. The molecule has 1 N–H and O–H groups in total. The van der Waals surface area contributed by atoms with Crippen LogP contribution in [0.4, 0.5) is 15.8 Å². The second-order valence-corrected chi connectivity index (χ2v) is 7.26. The number of carbonyl (C=O) groups is 2. The number of nitrogens with zero attached hydrogens (tertiary/aromatic N) is 1. The SMILES string of the molecule is COc1cc(OC)cc(N2C(=O)C(Nc3ccc(C)cc3)=C(c3ccc(F)cc3)C2=O)c1. The highest BCUT2D eigenvalue weighted by Gasteiger charge is 2.40. The number of aryl methyl sites for hydroxylation is 1. The van der Waals surface area contributed by atoms with Gasteiger partial charge in [-0.3, -0.25) is 9.59 Å². The summed E-state index contributed by atoms with van der Waals surface area (Å²) in [5.74, 6) is -0.642. The van der Waals surface area contributed by atoms with Crippen molar-refractivity contribution in [1.82, 2.24) is 0 Å². The van der Waals surface area contributed by atoms with E-state index in [1.54, 1.807) is 18.2 Å². The molecule has 0 saturated carbocycles. The number of methoxy groups -OCH3 is 2. The van der Waals surface area contributed by atoms with Gasteiger partial charge in [0.25, 0.3) is 11.8 Å². The third kappa shape index (κ3) is 3.92. The first-order valence-electron chi connectivity index (χ1n) is 9.87. The molecule has 0 saturated heterocycles. The monoisotopic (exact) mass is 432 g/mol. The van der Waals surface area contributed by atoms with Gasteiger partial charge in [-0.05, 0) is 36.8 Å². The summed E-state index contributed by atoms with van der Waals surface area (Å²) in [4.78, 5) is 28.0. The maximum Gasteiger partial charge on any atom is 0.282 e. The van der Waals surface area contributed by atoms with Gasteiger partial charge >= 0.3 is 0 Å². The van der Waals surface area contributed by atoms with Crippen LogP contribution in [0.25, 0.3) is 5.57 Å². The predicted molar refractivity (Wildman–Crippen MR) is 120 cm³/mol. The van der Waals surface area contributed by atoms with Crippen LogP contribution in [0.1, 0.15) is 11.1 Å². The Morgan fingerprint density at radius 3 is 1.97 bits per heavy atom. The third-order valence-electron chi connectivity index (χ3n) is 5.13. The Kier molecular flexibility index (Phi) is 5.64. The summed E-state index contributed by atoms with van der Waals surface area (Å²) in [6, 6.07) is 17.7. The van der Waals surface area contributed by atoms with Gasteiger partial charge in [-0.1, -0.05) is 29.8 Å². The Bertz CT molecular complexity index is 1200. The third-order valence-corrected chi connectivity index (χ3v) is 5.13. The Morgan fingerprint density at radius 2 is 1.41 bits per heavy atom. The van der Waals surface area contributed by atoms with Crippen molar-refractivity contribution in [3.05, 3.63) is 89.4 Å². The second-order valence-electron chi connectivity index (χ2n) is 7.26. The standard InChI is InChI=1S/C25H21FN2O4/c1-15-4-10-18(11-5-15)27-23-22(16-6-8-17(26)9-7-16)24(29)28(25(23)30)19-12-20(31-2)14-21(13-19)32-3/h4-14,27H,1-3H3. The van der Waals surface area contributed by atoms with Crippen molar-refractivity contribution in [1.29, 1.82) is 0 Å². The molecule has 0 fully saturated rings. The van der Waals surface area contributed by atoms with Crippen molar-refractivity contribution in [2.45, 2.75) is 6.92 Å². The minimum absolute atomic E-state index is 0.104. The van der Waals surface area contributed by atoms with E-state index in [9.17, 15) is 14.0 Å². The summed E-state index contributed by atoms with van der Waals surface area (Å²) >= 11 is 0. The van der Waals surface area contributed by atoms with E-state index in [1.165, 1.54) is 38.5 Å². The molecule has 0 radical (unpaired) electrons. The number of hydrogen-bond donors (Lipinski definition) is 1. The normalized spacial score (nSPS) is 13.6. The first kappa shape index (κ1) is 21.1. The van der Waals surface area contributed by atoms with Gasteiger partial charge in [0.2, 0.25) is 0 Å². The van der Waals surface area contributed by atoms with Crippen molar-refractivity contribution in [3.63, 3.8) is 0 Å². The number of hydrogen-bond acceptors (Lipinski definition) is 5. The molecule has 1 heterocycles. The lowest BCUT2D eigenvalue weighted by atomic mass is 10.0. The molecule has 6 nitrogen and oxygen atoms in total. The summed E-state index contributed by atoms with van der Waals surface area (Å²) in [6.45, 7) is 1.95. The molecule has 0 atom stereocenters. The molecule has 0 spiro atoms. The first-order valence-corrected chi connectivity index (χ1v) is 9.87. The van der Waals surface area contributed by atoms with E-state index in [2.05, 4.69) is 5.32 Å². The van der Waals surface area contributed by atoms with Crippen LogP contribution >= 0.6 is 0 Å². The van der Waals surface area contributed by atoms with Crippen molar-refractivity contribution in [3.8, 4) is 11.5 Å². The van der Waals surface area contributed by atoms with E-state index in [4.69, 9.17) is 9.47 Å². The van der Waals surface area contributed by atoms with Crippen LogP contribution in [0, 0.1) is 12.7 Å². The molecule has 3 aromatic carbocycles. The summed E-state index contributed by atoms with van der Waals surface area (Å²) in [5.41, 5.74) is 2.69. The summed E-state index contributed by atoms with van der Waals surface area (Å²) in [6.07, 6.45) is 0. The quantitative estimate of drug-likeness (QED) is 0.579. The maximum atomic E-state index is 13.5. The molecule has 0 aliphatic carbocycles. The van der Waals surface area contributed by atoms with Gasteiger partial charge < -0.3 is 14.8 Å². The molecule has 0 unspecified atom stereocenters. The van der Waals surface area contributed by atoms with Crippen LogP contribution in [0.5, 0.6) is 11.5 Å². The fourth-order valence-corrected chi connectivity index (χ4v) is 3.47. The number of anilines is 2.